The van der Waals surface area contributed by atoms with E-state index in [1.54, 1.807) is 7.05 Å². The molecule has 0 aliphatic rings. The summed E-state index contributed by atoms with van der Waals surface area (Å²) in [6.45, 7) is 0. The monoisotopic (exact) mass is 214 g/mol. The van der Waals surface area contributed by atoms with Gasteiger partial charge in [0, 0.05) is 18.8 Å². The second-order valence-electron chi connectivity index (χ2n) is 2.29. The Morgan fingerprint density at radius 1 is 1.69 bits per heavy atom. The van der Waals surface area contributed by atoms with E-state index in [9.17, 15) is 13.0 Å². The van der Waals surface area contributed by atoms with Gasteiger partial charge in [0.1, 0.15) is 10.1 Å². The SMILES string of the molecule is Cn1cc(C(O)S(=O)(=O)[O-])cn1.[Na+]. The average Bonchev–Trinajstić information content (AvgIpc) is 2.32. The van der Waals surface area contributed by atoms with Crippen LogP contribution in [0.2, 0.25) is 0 Å². The maximum Gasteiger partial charge on any atom is 1.00 e. The predicted octanol–water partition coefficient (Wildman–Crippen LogP) is -4.04. The van der Waals surface area contributed by atoms with Crippen molar-refractivity contribution in [3.05, 3.63) is 18.0 Å². The standard InChI is InChI=1S/C5H8N2O4S.Na/c1-7-3-4(2-6-7)5(8)12(9,10)11;/h2-3,5,8H,1H3,(H,9,10,11);/q;+1/p-1. The molecule has 1 aromatic heterocycles. The van der Waals surface area contributed by atoms with Crippen molar-refractivity contribution in [1.29, 1.82) is 0 Å². The number of hydrogen-bond acceptors (Lipinski definition) is 5. The zero-order valence-electron chi connectivity index (χ0n) is 7.21. The first-order chi connectivity index (χ1) is 5.41. The summed E-state index contributed by atoms with van der Waals surface area (Å²) in [6, 6.07) is 0. The third kappa shape index (κ3) is 3.37. The number of nitrogens with zero attached hydrogens (tertiary/aromatic N) is 2. The molecule has 0 spiro atoms. The van der Waals surface area contributed by atoms with Gasteiger partial charge in [0.05, 0.1) is 6.20 Å². The summed E-state index contributed by atoms with van der Waals surface area (Å²) >= 11 is 0. The van der Waals surface area contributed by atoms with E-state index in [-0.39, 0.29) is 35.1 Å². The molecule has 0 aliphatic carbocycles. The quantitative estimate of drug-likeness (QED) is 0.399. The molecule has 0 radical (unpaired) electrons. The van der Waals surface area contributed by atoms with Crippen LogP contribution in [0.3, 0.4) is 0 Å². The van der Waals surface area contributed by atoms with Crippen LogP contribution < -0.4 is 29.6 Å². The van der Waals surface area contributed by atoms with Gasteiger partial charge in [-0.2, -0.15) is 5.10 Å². The van der Waals surface area contributed by atoms with Gasteiger partial charge in [-0.25, -0.2) is 8.42 Å². The van der Waals surface area contributed by atoms with E-state index in [0.29, 0.717) is 0 Å². The summed E-state index contributed by atoms with van der Waals surface area (Å²) < 4.78 is 32.2. The molecule has 1 N–H and O–H groups in total. The summed E-state index contributed by atoms with van der Waals surface area (Å²) in [4.78, 5) is 0. The van der Waals surface area contributed by atoms with Gasteiger partial charge in [-0.15, -0.1) is 0 Å². The zero-order chi connectivity index (χ0) is 9.35. The van der Waals surface area contributed by atoms with Gasteiger partial charge >= 0.3 is 29.6 Å². The Bertz CT molecular complexity index is 374. The summed E-state index contributed by atoms with van der Waals surface area (Å²) in [5.41, 5.74) is -2.04. The number of hydrogen-bond donors (Lipinski definition) is 1. The van der Waals surface area contributed by atoms with Crippen molar-refractivity contribution in [3.63, 3.8) is 0 Å². The molecule has 0 fully saturated rings. The van der Waals surface area contributed by atoms with Crippen molar-refractivity contribution in [2.75, 3.05) is 0 Å². The van der Waals surface area contributed by atoms with E-state index in [4.69, 9.17) is 5.11 Å². The topological polar surface area (TPSA) is 95.2 Å². The molecule has 0 saturated carbocycles. The molecule has 0 amide bonds. The van der Waals surface area contributed by atoms with Crippen LogP contribution in [-0.2, 0) is 17.2 Å². The fraction of sp³-hybridized carbons (Fsp3) is 0.400. The van der Waals surface area contributed by atoms with Crippen LogP contribution in [0.25, 0.3) is 0 Å². The molecule has 1 rings (SSSR count). The zero-order valence-corrected chi connectivity index (χ0v) is 10.0. The van der Waals surface area contributed by atoms with Gasteiger partial charge in [-0.1, -0.05) is 0 Å². The molecule has 0 aliphatic heterocycles. The van der Waals surface area contributed by atoms with Crippen LogP contribution in [0.5, 0.6) is 0 Å². The van der Waals surface area contributed by atoms with Crippen LogP contribution in [0.1, 0.15) is 11.0 Å². The molecule has 0 aromatic carbocycles. The summed E-state index contributed by atoms with van der Waals surface area (Å²) in [6.07, 6.45) is 2.39. The Labute approximate surface area is 97.6 Å². The van der Waals surface area contributed by atoms with Gasteiger partial charge in [0.15, 0.2) is 5.44 Å². The van der Waals surface area contributed by atoms with Crippen LogP contribution in [-0.4, -0.2) is 27.9 Å². The molecule has 1 aromatic rings. The Kier molecular flexibility index (Phi) is 4.56. The van der Waals surface area contributed by atoms with Crippen molar-refractivity contribution < 1.29 is 47.6 Å². The van der Waals surface area contributed by atoms with Crippen LogP contribution >= 0.6 is 0 Å². The van der Waals surface area contributed by atoms with Gasteiger partial charge < -0.3 is 9.66 Å². The number of aliphatic hydroxyl groups is 1. The van der Waals surface area contributed by atoms with Gasteiger partial charge in [0.2, 0.25) is 0 Å². The predicted molar refractivity (Wildman–Crippen MR) is 37.9 cm³/mol. The van der Waals surface area contributed by atoms with Crippen molar-refractivity contribution in [3.8, 4) is 0 Å². The van der Waals surface area contributed by atoms with E-state index in [1.807, 2.05) is 0 Å². The van der Waals surface area contributed by atoms with Crippen molar-refractivity contribution in [2.45, 2.75) is 5.44 Å². The smallest absolute Gasteiger partial charge is 0.746 e. The van der Waals surface area contributed by atoms with E-state index >= 15 is 0 Å². The van der Waals surface area contributed by atoms with Gasteiger partial charge in [-0.05, 0) is 0 Å². The van der Waals surface area contributed by atoms with E-state index < -0.39 is 15.6 Å². The maximum absolute atomic E-state index is 10.3. The Hall–Kier alpha value is 0.0800. The molecular formula is C5H7N2NaO4S. The maximum atomic E-state index is 10.3. The number of aromatic nitrogens is 2. The molecule has 68 valence electrons. The molecule has 1 heterocycles. The molecule has 0 bridgehead atoms. The Morgan fingerprint density at radius 2 is 2.23 bits per heavy atom. The minimum Gasteiger partial charge on any atom is -0.746 e. The second-order valence-corrected chi connectivity index (χ2v) is 3.72. The summed E-state index contributed by atoms with van der Waals surface area (Å²) in [5.74, 6) is 0. The number of aliphatic hydroxyl groups excluding tert-OH is 1. The van der Waals surface area contributed by atoms with Gasteiger partial charge in [-0.3, -0.25) is 4.68 Å². The number of rotatable bonds is 2. The molecule has 0 saturated heterocycles. The summed E-state index contributed by atoms with van der Waals surface area (Å²) in [5, 5.41) is 12.5. The summed E-state index contributed by atoms with van der Waals surface area (Å²) in [7, 11) is -3.14. The van der Waals surface area contributed by atoms with Crippen molar-refractivity contribution >= 4 is 10.1 Å². The molecule has 1 atom stereocenters. The van der Waals surface area contributed by atoms with Crippen molar-refractivity contribution in [1.82, 2.24) is 9.78 Å². The first-order valence-electron chi connectivity index (χ1n) is 3.02. The fourth-order valence-corrected chi connectivity index (χ4v) is 1.19. The van der Waals surface area contributed by atoms with E-state index in [2.05, 4.69) is 5.10 Å². The Balaban J connectivity index is 0.00000144. The molecule has 13 heavy (non-hydrogen) atoms. The molecule has 6 nitrogen and oxygen atoms in total. The van der Waals surface area contributed by atoms with Crippen LogP contribution in [0.4, 0.5) is 0 Å². The minimum absolute atomic E-state index is 0. The normalized spacial score (nSPS) is 13.5. The first kappa shape index (κ1) is 13.1. The third-order valence-electron chi connectivity index (χ3n) is 1.28. The largest absolute Gasteiger partial charge is 1.00 e. The van der Waals surface area contributed by atoms with E-state index in [0.717, 1.165) is 6.20 Å². The first-order valence-corrected chi connectivity index (χ1v) is 4.49. The minimum atomic E-state index is -4.69. The van der Waals surface area contributed by atoms with Crippen LogP contribution in [0.15, 0.2) is 12.4 Å². The average molecular weight is 214 g/mol. The van der Waals surface area contributed by atoms with Gasteiger partial charge in [0.25, 0.3) is 0 Å². The Morgan fingerprint density at radius 3 is 2.54 bits per heavy atom. The third-order valence-corrected chi connectivity index (χ3v) is 2.10. The van der Waals surface area contributed by atoms with Crippen LogP contribution in [0, 0.1) is 0 Å². The molecule has 8 heteroatoms. The number of aryl methyl sites for hydroxylation is 1. The fourth-order valence-electron chi connectivity index (χ4n) is 0.734. The molecule has 1 unspecified atom stereocenters. The van der Waals surface area contributed by atoms with E-state index in [1.165, 1.54) is 10.9 Å². The molecular weight excluding hydrogens is 207 g/mol. The van der Waals surface area contributed by atoms with Crippen molar-refractivity contribution in [2.24, 2.45) is 7.05 Å². The second kappa shape index (κ2) is 4.54.